The second-order valence-electron chi connectivity index (χ2n) is 5.70. The molecule has 3 heteroatoms. The lowest BCUT2D eigenvalue weighted by Gasteiger charge is -2.29. The summed E-state index contributed by atoms with van der Waals surface area (Å²) in [5.41, 5.74) is 2.78. The molecule has 3 nitrogen and oxygen atoms in total. The summed E-state index contributed by atoms with van der Waals surface area (Å²) in [4.78, 5) is 12.6. The average Bonchev–Trinajstić information content (AvgIpc) is 2.45. The number of likely N-dealkylation sites (tertiary alicyclic amines) is 1. The zero-order chi connectivity index (χ0) is 13.7. The Bertz CT molecular complexity index is 409. The topological polar surface area (TPSA) is 32.3 Å². The molecule has 1 aliphatic heterocycles. The van der Waals surface area contributed by atoms with E-state index in [4.69, 9.17) is 0 Å². The zero-order valence-corrected chi connectivity index (χ0v) is 11.9. The van der Waals surface area contributed by atoms with Gasteiger partial charge in [0.25, 0.3) is 0 Å². The standard InChI is InChI=1S/C16H24N2O/c1-13(2)17-11-14-4-3-5-16(10-14)15-6-8-18(12-19)9-7-15/h3-5,10,12-13,15,17H,6-9,11H2,1-2H3. The normalized spacial score (nSPS) is 16.9. The van der Waals surface area contributed by atoms with Gasteiger partial charge in [0.05, 0.1) is 0 Å². The second kappa shape index (κ2) is 6.71. The van der Waals surface area contributed by atoms with Crippen LogP contribution in [-0.2, 0) is 11.3 Å². The van der Waals surface area contributed by atoms with Crippen molar-refractivity contribution in [3.05, 3.63) is 35.4 Å². The number of benzene rings is 1. The molecule has 0 saturated carbocycles. The first-order valence-electron chi connectivity index (χ1n) is 7.20. The molecule has 1 aliphatic rings. The summed E-state index contributed by atoms with van der Waals surface area (Å²) in [5, 5.41) is 3.45. The van der Waals surface area contributed by atoms with Gasteiger partial charge < -0.3 is 10.2 Å². The first-order chi connectivity index (χ1) is 9.19. The highest BCUT2D eigenvalue weighted by atomic mass is 16.1. The van der Waals surface area contributed by atoms with Crippen LogP contribution in [0.4, 0.5) is 0 Å². The van der Waals surface area contributed by atoms with Gasteiger partial charge >= 0.3 is 0 Å². The molecular weight excluding hydrogens is 236 g/mol. The quantitative estimate of drug-likeness (QED) is 0.825. The van der Waals surface area contributed by atoms with Gasteiger partial charge in [0.2, 0.25) is 6.41 Å². The molecular formula is C16H24N2O. The summed E-state index contributed by atoms with van der Waals surface area (Å²) in [5.74, 6) is 0.607. The summed E-state index contributed by atoms with van der Waals surface area (Å²) in [6.07, 6.45) is 3.14. The van der Waals surface area contributed by atoms with Gasteiger partial charge in [-0.25, -0.2) is 0 Å². The number of piperidine rings is 1. The maximum Gasteiger partial charge on any atom is 0.209 e. The summed E-state index contributed by atoms with van der Waals surface area (Å²) in [6.45, 7) is 7.04. The van der Waals surface area contributed by atoms with E-state index >= 15 is 0 Å². The molecule has 1 aromatic carbocycles. The molecule has 0 unspecified atom stereocenters. The molecule has 1 N–H and O–H groups in total. The largest absolute Gasteiger partial charge is 0.345 e. The predicted molar refractivity (Wildman–Crippen MR) is 78.0 cm³/mol. The van der Waals surface area contributed by atoms with Gasteiger partial charge in [-0.2, -0.15) is 0 Å². The van der Waals surface area contributed by atoms with Gasteiger partial charge in [0.1, 0.15) is 0 Å². The number of hydrogen-bond donors (Lipinski definition) is 1. The number of carbonyl (C=O) groups is 1. The minimum absolute atomic E-state index is 0.513. The molecule has 0 bridgehead atoms. The monoisotopic (exact) mass is 260 g/mol. The minimum atomic E-state index is 0.513. The molecule has 1 fully saturated rings. The second-order valence-corrected chi connectivity index (χ2v) is 5.70. The molecule has 0 atom stereocenters. The Labute approximate surface area is 116 Å². The predicted octanol–water partition coefficient (Wildman–Crippen LogP) is 2.52. The van der Waals surface area contributed by atoms with Crippen LogP contribution in [0.3, 0.4) is 0 Å². The third kappa shape index (κ3) is 4.06. The highest BCUT2D eigenvalue weighted by Crippen LogP contribution is 2.27. The van der Waals surface area contributed by atoms with Crippen molar-refractivity contribution < 1.29 is 4.79 Å². The van der Waals surface area contributed by atoms with Crippen molar-refractivity contribution in [3.63, 3.8) is 0 Å². The Morgan fingerprint density at radius 2 is 2.11 bits per heavy atom. The lowest BCUT2D eigenvalue weighted by Crippen LogP contribution is -2.31. The summed E-state index contributed by atoms with van der Waals surface area (Å²) in [7, 11) is 0. The fraction of sp³-hybridized carbons (Fsp3) is 0.562. The van der Waals surface area contributed by atoms with Gasteiger partial charge in [-0.3, -0.25) is 4.79 Å². The van der Waals surface area contributed by atoms with Crippen LogP contribution in [0.5, 0.6) is 0 Å². The van der Waals surface area contributed by atoms with E-state index < -0.39 is 0 Å². The molecule has 0 aliphatic carbocycles. The molecule has 0 radical (unpaired) electrons. The highest BCUT2D eigenvalue weighted by molar-refractivity contribution is 5.47. The lowest BCUT2D eigenvalue weighted by molar-refractivity contribution is -0.119. The van der Waals surface area contributed by atoms with Crippen LogP contribution in [0, 0.1) is 0 Å². The van der Waals surface area contributed by atoms with Crippen molar-refractivity contribution in [3.8, 4) is 0 Å². The van der Waals surface area contributed by atoms with Crippen LogP contribution in [0.15, 0.2) is 24.3 Å². The Kier molecular flexibility index (Phi) is 4.97. The van der Waals surface area contributed by atoms with Crippen LogP contribution < -0.4 is 5.32 Å². The van der Waals surface area contributed by atoms with Crippen molar-refractivity contribution in [2.75, 3.05) is 13.1 Å². The fourth-order valence-electron chi connectivity index (χ4n) is 2.62. The maximum absolute atomic E-state index is 10.7. The molecule has 0 spiro atoms. The first-order valence-corrected chi connectivity index (χ1v) is 7.20. The molecule has 0 aromatic heterocycles. The van der Waals surface area contributed by atoms with E-state index in [2.05, 4.69) is 43.4 Å². The van der Waals surface area contributed by atoms with Crippen LogP contribution >= 0.6 is 0 Å². The Morgan fingerprint density at radius 3 is 2.74 bits per heavy atom. The molecule has 1 amide bonds. The third-order valence-corrected chi connectivity index (χ3v) is 3.82. The van der Waals surface area contributed by atoms with Gasteiger partial charge in [0.15, 0.2) is 0 Å². The molecule has 104 valence electrons. The Hall–Kier alpha value is -1.35. The summed E-state index contributed by atoms with van der Waals surface area (Å²) in [6, 6.07) is 9.38. The van der Waals surface area contributed by atoms with Crippen molar-refractivity contribution in [1.82, 2.24) is 10.2 Å². The van der Waals surface area contributed by atoms with Gasteiger partial charge in [-0.15, -0.1) is 0 Å². The van der Waals surface area contributed by atoms with E-state index in [1.807, 2.05) is 4.90 Å². The minimum Gasteiger partial charge on any atom is -0.345 e. The van der Waals surface area contributed by atoms with Crippen LogP contribution in [-0.4, -0.2) is 30.4 Å². The van der Waals surface area contributed by atoms with Gasteiger partial charge in [-0.05, 0) is 29.9 Å². The number of nitrogens with zero attached hydrogens (tertiary/aromatic N) is 1. The summed E-state index contributed by atoms with van der Waals surface area (Å²) < 4.78 is 0. The number of amides is 1. The highest BCUT2D eigenvalue weighted by Gasteiger charge is 2.19. The van der Waals surface area contributed by atoms with Crippen molar-refractivity contribution >= 4 is 6.41 Å². The van der Waals surface area contributed by atoms with Crippen LogP contribution in [0.2, 0.25) is 0 Å². The number of hydrogen-bond acceptors (Lipinski definition) is 2. The molecule has 1 aromatic rings. The van der Waals surface area contributed by atoms with E-state index in [-0.39, 0.29) is 0 Å². The zero-order valence-electron chi connectivity index (χ0n) is 11.9. The first kappa shape index (κ1) is 14.1. The van der Waals surface area contributed by atoms with E-state index in [0.29, 0.717) is 12.0 Å². The Morgan fingerprint density at radius 1 is 1.37 bits per heavy atom. The smallest absolute Gasteiger partial charge is 0.209 e. The van der Waals surface area contributed by atoms with E-state index in [0.717, 1.165) is 38.9 Å². The molecule has 1 heterocycles. The van der Waals surface area contributed by atoms with Gasteiger partial charge in [0, 0.05) is 25.7 Å². The molecule has 19 heavy (non-hydrogen) atoms. The molecule has 2 rings (SSSR count). The van der Waals surface area contributed by atoms with Crippen molar-refractivity contribution in [2.24, 2.45) is 0 Å². The number of rotatable bonds is 5. The van der Waals surface area contributed by atoms with Crippen molar-refractivity contribution in [2.45, 2.75) is 45.2 Å². The van der Waals surface area contributed by atoms with Crippen LogP contribution in [0.1, 0.15) is 43.7 Å². The third-order valence-electron chi connectivity index (χ3n) is 3.82. The van der Waals surface area contributed by atoms with Crippen molar-refractivity contribution in [1.29, 1.82) is 0 Å². The Balaban J connectivity index is 1.97. The average molecular weight is 260 g/mol. The molecule has 1 saturated heterocycles. The van der Waals surface area contributed by atoms with E-state index in [1.54, 1.807) is 0 Å². The van der Waals surface area contributed by atoms with E-state index in [9.17, 15) is 4.79 Å². The maximum atomic E-state index is 10.7. The lowest BCUT2D eigenvalue weighted by atomic mass is 9.89. The SMILES string of the molecule is CC(C)NCc1cccc(C2CCN(C=O)CC2)c1. The van der Waals surface area contributed by atoms with E-state index in [1.165, 1.54) is 11.1 Å². The summed E-state index contributed by atoms with van der Waals surface area (Å²) >= 11 is 0. The van der Waals surface area contributed by atoms with Crippen LogP contribution in [0.25, 0.3) is 0 Å². The fourth-order valence-corrected chi connectivity index (χ4v) is 2.62. The number of nitrogens with one attached hydrogen (secondary N) is 1. The number of carbonyl (C=O) groups excluding carboxylic acids is 1. The van der Waals surface area contributed by atoms with Gasteiger partial charge in [-0.1, -0.05) is 38.1 Å².